The Labute approximate surface area is 105 Å². The number of hydrogen-bond acceptors (Lipinski definition) is 2. The molecule has 0 radical (unpaired) electrons. The molecule has 0 unspecified atom stereocenters. The van der Waals surface area contributed by atoms with Crippen LogP contribution in [0.4, 0.5) is 0 Å². The molecule has 1 rings (SSSR count). The van der Waals surface area contributed by atoms with E-state index in [0.29, 0.717) is 12.3 Å². The van der Waals surface area contributed by atoms with E-state index in [1.165, 1.54) is 16.7 Å². The van der Waals surface area contributed by atoms with Gasteiger partial charge in [0.1, 0.15) is 0 Å². The molecular weight excluding hydrogens is 208 g/mol. The van der Waals surface area contributed by atoms with E-state index in [1.807, 2.05) is 0 Å². The van der Waals surface area contributed by atoms with Gasteiger partial charge in [0.2, 0.25) is 0 Å². The highest BCUT2D eigenvalue weighted by Crippen LogP contribution is 2.18. The number of aryl methyl sites for hydroxylation is 1. The molecule has 0 aliphatic heterocycles. The molecule has 0 heterocycles. The molecule has 0 atom stereocenters. The van der Waals surface area contributed by atoms with E-state index in [9.17, 15) is 0 Å². The number of nitriles is 1. The predicted octanol–water partition coefficient (Wildman–Crippen LogP) is 3.16. The van der Waals surface area contributed by atoms with Gasteiger partial charge in [-0.2, -0.15) is 5.26 Å². The molecule has 0 aromatic heterocycles. The second kappa shape index (κ2) is 7.09. The Balaban J connectivity index is 2.52. The lowest BCUT2D eigenvalue weighted by Gasteiger charge is -2.11. The van der Waals surface area contributed by atoms with Gasteiger partial charge >= 0.3 is 0 Å². The second-order valence-corrected chi connectivity index (χ2v) is 4.75. The molecule has 1 N–H and O–H groups in total. The maximum absolute atomic E-state index is 8.43. The monoisotopic (exact) mass is 230 g/mol. The molecule has 0 saturated heterocycles. The molecule has 1 aromatic rings. The largest absolute Gasteiger partial charge is 0.315 e. The van der Waals surface area contributed by atoms with Gasteiger partial charge in [-0.3, -0.25) is 0 Å². The van der Waals surface area contributed by atoms with E-state index in [1.54, 1.807) is 0 Å². The van der Waals surface area contributed by atoms with Crippen LogP contribution in [0.1, 0.15) is 42.9 Å². The summed E-state index contributed by atoms with van der Waals surface area (Å²) in [5.74, 6) is 0.584. The van der Waals surface area contributed by atoms with Crippen molar-refractivity contribution in [1.82, 2.24) is 5.32 Å². The summed E-state index contributed by atoms with van der Waals surface area (Å²) in [6.07, 6.45) is 1.63. The number of nitrogens with one attached hydrogen (secondary N) is 1. The lowest BCUT2D eigenvalue weighted by molar-refractivity contribution is 0.690. The third-order valence-electron chi connectivity index (χ3n) is 3.02. The van der Waals surface area contributed by atoms with E-state index in [0.717, 1.165) is 19.5 Å². The first kappa shape index (κ1) is 13.7. The van der Waals surface area contributed by atoms with Crippen molar-refractivity contribution in [3.63, 3.8) is 0 Å². The van der Waals surface area contributed by atoms with Crippen LogP contribution in [0.5, 0.6) is 0 Å². The van der Waals surface area contributed by atoms with Gasteiger partial charge in [-0.25, -0.2) is 0 Å². The summed E-state index contributed by atoms with van der Waals surface area (Å²) in [7, 11) is 0. The van der Waals surface area contributed by atoms with Crippen LogP contribution in [0.15, 0.2) is 18.2 Å². The lowest BCUT2D eigenvalue weighted by Crippen LogP contribution is -2.18. The third kappa shape index (κ3) is 4.58. The fraction of sp³-hybridized carbons (Fsp3) is 0.533. The zero-order valence-corrected chi connectivity index (χ0v) is 11.1. The Morgan fingerprint density at radius 1 is 1.29 bits per heavy atom. The van der Waals surface area contributed by atoms with E-state index in [4.69, 9.17) is 5.26 Å². The van der Waals surface area contributed by atoms with Gasteiger partial charge in [-0.05, 0) is 42.5 Å². The minimum Gasteiger partial charge on any atom is -0.315 e. The van der Waals surface area contributed by atoms with E-state index in [-0.39, 0.29) is 0 Å². The molecular formula is C15H22N2. The first-order valence-corrected chi connectivity index (χ1v) is 6.32. The zero-order valence-electron chi connectivity index (χ0n) is 11.1. The standard InChI is InChI=1S/C15H22N2/c1-12(2)14-6-5-13(3)15(11-14)7-10-17-9-4-8-16/h5-6,11-12,17H,4,7,9-10H2,1-3H3. The SMILES string of the molecule is Cc1ccc(C(C)C)cc1CCNCCC#N. The lowest BCUT2D eigenvalue weighted by atomic mass is 9.96. The quantitative estimate of drug-likeness (QED) is 0.762. The highest BCUT2D eigenvalue weighted by molar-refractivity contribution is 5.32. The van der Waals surface area contributed by atoms with Crippen LogP contribution >= 0.6 is 0 Å². The van der Waals surface area contributed by atoms with Gasteiger partial charge in [0.05, 0.1) is 6.07 Å². The average molecular weight is 230 g/mol. The van der Waals surface area contributed by atoms with Crippen molar-refractivity contribution in [2.75, 3.05) is 13.1 Å². The first-order valence-electron chi connectivity index (χ1n) is 6.32. The summed E-state index contributed by atoms with van der Waals surface area (Å²) in [4.78, 5) is 0. The van der Waals surface area contributed by atoms with Crippen LogP contribution in [0, 0.1) is 18.3 Å². The van der Waals surface area contributed by atoms with Gasteiger partial charge in [-0.15, -0.1) is 0 Å². The van der Waals surface area contributed by atoms with E-state index < -0.39 is 0 Å². The van der Waals surface area contributed by atoms with Gasteiger partial charge in [0.25, 0.3) is 0 Å². The molecule has 0 aliphatic rings. The van der Waals surface area contributed by atoms with Gasteiger partial charge < -0.3 is 5.32 Å². The summed E-state index contributed by atoms with van der Waals surface area (Å²) in [6.45, 7) is 8.34. The Morgan fingerprint density at radius 2 is 2.06 bits per heavy atom. The fourth-order valence-electron chi connectivity index (χ4n) is 1.81. The Bertz CT molecular complexity index is 388. The van der Waals surface area contributed by atoms with Crippen LogP contribution < -0.4 is 5.32 Å². The summed E-state index contributed by atoms with van der Waals surface area (Å²) in [5.41, 5.74) is 4.18. The molecule has 0 bridgehead atoms. The normalized spacial score (nSPS) is 10.5. The minimum atomic E-state index is 0.584. The number of hydrogen-bond donors (Lipinski definition) is 1. The van der Waals surface area contributed by atoms with Crippen LogP contribution in [0.25, 0.3) is 0 Å². The van der Waals surface area contributed by atoms with Crippen molar-refractivity contribution in [3.05, 3.63) is 34.9 Å². The molecule has 1 aromatic carbocycles. The minimum absolute atomic E-state index is 0.584. The van der Waals surface area contributed by atoms with Crippen molar-refractivity contribution in [2.24, 2.45) is 0 Å². The molecule has 0 amide bonds. The maximum atomic E-state index is 8.43. The molecule has 0 saturated carbocycles. The molecule has 0 spiro atoms. The maximum Gasteiger partial charge on any atom is 0.0635 e. The predicted molar refractivity (Wildman–Crippen MR) is 72.1 cm³/mol. The second-order valence-electron chi connectivity index (χ2n) is 4.75. The summed E-state index contributed by atoms with van der Waals surface area (Å²) < 4.78 is 0. The van der Waals surface area contributed by atoms with E-state index >= 15 is 0 Å². The molecule has 17 heavy (non-hydrogen) atoms. The summed E-state index contributed by atoms with van der Waals surface area (Å²) >= 11 is 0. The topological polar surface area (TPSA) is 35.8 Å². The van der Waals surface area contributed by atoms with Crippen molar-refractivity contribution in [2.45, 2.75) is 39.5 Å². The van der Waals surface area contributed by atoms with Crippen molar-refractivity contribution in [3.8, 4) is 6.07 Å². The van der Waals surface area contributed by atoms with Gasteiger partial charge in [0, 0.05) is 13.0 Å². The van der Waals surface area contributed by atoms with Crippen LogP contribution in [0.3, 0.4) is 0 Å². The van der Waals surface area contributed by atoms with Crippen LogP contribution in [-0.4, -0.2) is 13.1 Å². The highest BCUT2D eigenvalue weighted by Gasteiger charge is 2.03. The van der Waals surface area contributed by atoms with Crippen LogP contribution in [0.2, 0.25) is 0 Å². The van der Waals surface area contributed by atoms with E-state index in [2.05, 4.69) is 50.4 Å². The van der Waals surface area contributed by atoms with Gasteiger partial charge in [0.15, 0.2) is 0 Å². The summed E-state index contributed by atoms with van der Waals surface area (Å²) in [5, 5.41) is 11.7. The summed E-state index contributed by atoms with van der Waals surface area (Å²) in [6, 6.07) is 8.87. The van der Waals surface area contributed by atoms with Crippen LogP contribution in [-0.2, 0) is 6.42 Å². The molecule has 92 valence electrons. The van der Waals surface area contributed by atoms with Crippen molar-refractivity contribution >= 4 is 0 Å². The molecule has 2 nitrogen and oxygen atoms in total. The smallest absolute Gasteiger partial charge is 0.0635 e. The number of nitrogens with zero attached hydrogens (tertiary/aromatic N) is 1. The molecule has 0 aliphatic carbocycles. The molecule has 2 heteroatoms. The Morgan fingerprint density at radius 3 is 2.71 bits per heavy atom. The Kier molecular flexibility index (Phi) is 5.72. The fourth-order valence-corrected chi connectivity index (χ4v) is 1.81. The molecule has 0 fully saturated rings. The number of rotatable bonds is 6. The zero-order chi connectivity index (χ0) is 12.7. The first-order chi connectivity index (χ1) is 8.15. The highest BCUT2D eigenvalue weighted by atomic mass is 14.8. The van der Waals surface area contributed by atoms with Gasteiger partial charge in [-0.1, -0.05) is 32.0 Å². The Hall–Kier alpha value is -1.33. The van der Waals surface area contributed by atoms with Crippen molar-refractivity contribution in [1.29, 1.82) is 5.26 Å². The number of benzene rings is 1. The average Bonchev–Trinajstić information content (AvgIpc) is 2.30. The third-order valence-corrected chi connectivity index (χ3v) is 3.02. The van der Waals surface area contributed by atoms with Crippen molar-refractivity contribution < 1.29 is 0 Å².